The van der Waals surface area contributed by atoms with Gasteiger partial charge in [0.1, 0.15) is 0 Å². The first-order valence-corrected chi connectivity index (χ1v) is 9.25. The normalized spacial score (nSPS) is 29.4. The van der Waals surface area contributed by atoms with Crippen molar-refractivity contribution in [1.29, 1.82) is 0 Å². The predicted molar refractivity (Wildman–Crippen MR) is 78.4 cm³/mol. The molecule has 0 aromatic heterocycles. The highest BCUT2D eigenvalue weighted by atomic mass is 32.2. The van der Waals surface area contributed by atoms with Crippen LogP contribution in [0.5, 0.6) is 0 Å². The van der Waals surface area contributed by atoms with Gasteiger partial charge in [0.25, 0.3) is 0 Å². The van der Waals surface area contributed by atoms with E-state index < -0.39 is 9.84 Å². The first-order valence-electron chi connectivity index (χ1n) is 7.43. The minimum absolute atomic E-state index is 0.0767. The second-order valence-corrected chi connectivity index (χ2v) is 8.14. The van der Waals surface area contributed by atoms with Crippen LogP contribution in [-0.2, 0) is 9.84 Å². The largest absolute Gasteiger partial charge is 0.338 e. The highest BCUT2D eigenvalue weighted by molar-refractivity contribution is 7.91. The molecule has 0 aromatic rings. The van der Waals surface area contributed by atoms with Crippen molar-refractivity contribution in [2.45, 2.75) is 19.8 Å². The number of hydrogen-bond donors (Lipinski definition) is 2. The van der Waals surface area contributed by atoms with E-state index in [2.05, 4.69) is 22.5 Å². The fourth-order valence-electron chi connectivity index (χ4n) is 2.94. The molecule has 2 atom stereocenters. The fraction of sp³-hybridized carbons (Fsp3) is 0.923. The van der Waals surface area contributed by atoms with E-state index in [-0.39, 0.29) is 23.5 Å². The second-order valence-electron chi connectivity index (χ2n) is 5.91. The van der Waals surface area contributed by atoms with Gasteiger partial charge in [0.2, 0.25) is 0 Å². The Kier molecular flexibility index (Phi) is 5.26. The van der Waals surface area contributed by atoms with Crippen molar-refractivity contribution in [3.8, 4) is 0 Å². The number of rotatable bonds is 5. The third kappa shape index (κ3) is 4.63. The molecule has 6 nitrogen and oxygen atoms in total. The molecule has 2 N–H and O–H groups in total. The van der Waals surface area contributed by atoms with Crippen molar-refractivity contribution in [3.05, 3.63) is 0 Å². The summed E-state index contributed by atoms with van der Waals surface area (Å²) < 4.78 is 22.6. The summed E-state index contributed by atoms with van der Waals surface area (Å²) in [5.74, 6) is 1.08. The van der Waals surface area contributed by atoms with Crippen molar-refractivity contribution in [3.63, 3.8) is 0 Å². The van der Waals surface area contributed by atoms with Crippen molar-refractivity contribution >= 4 is 15.9 Å². The van der Waals surface area contributed by atoms with Crippen LogP contribution in [0.1, 0.15) is 19.8 Å². The number of urea groups is 1. The molecular formula is C13H25N3O3S. The molecule has 0 bridgehead atoms. The SMILES string of the molecule is CCN1CC[C@H](CNC(=O)NC[C@@H]2CCS(=O)(=O)C2)C1. The van der Waals surface area contributed by atoms with Crippen molar-refractivity contribution in [2.24, 2.45) is 11.8 Å². The zero-order valence-corrected chi connectivity index (χ0v) is 12.9. The van der Waals surface area contributed by atoms with Crippen LogP contribution in [-0.4, -0.2) is 63.6 Å². The molecule has 2 rings (SSSR count). The Morgan fingerprint density at radius 2 is 1.90 bits per heavy atom. The zero-order valence-electron chi connectivity index (χ0n) is 12.1. The molecule has 2 amide bonds. The molecule has 0 radical (unpaired) electrons. The van der Waals surface area contributed by atoms with Crippen LogP contribution < -0.4 is 10.6 Å². The summed E-state index contributed by atoms with van der Waals surface area (Å²) in [5.41, 5.74) is 0. The molecule has 7 heteroatoms. The van der Waals surface area contributed by atoms with Gasteiger partial charge in [-0.25, -0.2) is 13.2 Å². The van der Waals surface area contributed by atoms with Gasteiger partial charge in [-0.3, -0.25) is 0 Å². The standard InChI is InChI=1S/C13H25N3O3S/c1-2-16-5-3-11(9-16)7-14-13(17)15-8-12-4-6-20(18,19)10-12/h11-12H,2-10H2,1H3,(H2,14,15,17)/t11-,12+/m1/s1. The van der Waals surface area contributed by atoms with Gasteiger partial charge in [0, 0.05) is 19.6 Å². The maximum absolute atomic E-state index is 11.7. The summed E-state index contributed by atoms with van der Waals surface area (Å²) in [7, 11) is -2.86. The summed E-state index contributed by atoms with van der Waals surface area (Å²) in [6.07, 6.45) is 1.80. The highest BCUT2D eigenvalue weighted by Gasteiger charge is 2.28. The second kappa shape index (κ2) is 6.76. The molecule has 2 heterocycles. The number of sulfone groups is 1. The average Bonchev–Trinajstić information content (AvgIpc) is 3.00. The van der Waals surface area contributed by atoms with Crippen molar-refractivity contribution in [2.75, 3.05) is 44.2 Å². The van der Waals surface area contributed by atoms with Crippen molar-refractivity contribution in [1.82, 2.24) is 15.5 Å². The number of nitrogens with one attached hydrogen (secondary N) is 2. The first-order chi connectivity index (χ1) is 9.48. The van der Waals surface area contributed by atoms with Crippen LogP contribution in [0.4, 0.5) is 4.79 Å². The summed E-state index contributed by atoms with van der Waals surface area (Å²) in [5, 5.41) is 5.67. The van der Waals surface area contributed by atoms with Gasteiger partial charge in [0.15, 0.2) is 9.84 Å². The Labute approximate surface area is 121 Å². The maximum Gasteiger partial charge on any atom is 0.314 e. The van der Waals surface area contributed by atoms with Gasteiger partial charge < -0.3 is 15.5 Å². The summed E-state index contributed by atoms with van der Waals surface area (Å²) in [6.45, 7) is 6.54. The van der Waals surface area contributed by atoms with E-state index in [0.717, 1.165) is 26.1 Å². The van der Waals surface area contributed by atoms with E-state index in [9.17, 15) is 13.2 Å². The van der Waals surface area contributed by atoms with E-state index in [1.165, 1.54) is 0 Å². The van der Waals surface area contributed by atoms with Gasteiger partial charge in [-0.05, 0) is 37.8 Å². The average molecular weight is 303 g/mol. The van der Waals surface area contributed by atoms with Crippen LogP contribution in [0.15, 0.2) is 0 Å². The van der Waals surface area contributed by atoms with E-state index in [0.29, 0.717) is 25.4 Å². The molecule has 0 aliphatic carbocycles. The molecule has 0 unspecified atom stereocenters. The Bertz CT molecular complexity index is 438. The van der Waals surface area contributed by atoms with Gasteiger partial charge in [-0.1, -0.05) is 6.92 Å². The van der Waals surface area contributed by atoms with Crippen LogP contribution in [0.25, 0.3) is 0 Å². The quantitative estimate of drug-likeness (QED) is 0.753. The summed E-state index contributed by atoms with van der Waals surface area (Å²) in [4.78, 5) is 14.1. The number of carbonyl (C=O) groups is 1. The first kappa shape index (κ1) is 15.6. The van der Waals surface area contributed by atoms with Gasteiger partial charge >= 0.3 is 6.03 Å². The Morgan fingerprint density at radius 3 is 2.45 bits per heavy atom. The van der Waals surface area contributed by atoms with E-state index in [1.807, 2.05) is 0 Å². The van der Waals surface area contributed by atoms with Gasteiger partial charge in [-0.2, -0.15) is 0 Å². The zero-order chi connectivity index (χ0) is 14.6. The molecule has 2 fully saturated rings. The lowest BCUT2D eigenvalue weighted by molar-refractivity contribution is 0.237. The lowest BCUT2D eigenvalue weighted by Gasteiger charge is -2.15. The Balaban J connectivity index is 1.59. The molecule has 0 saturated carbocycles. The monoisotopic (exact) mass is 303 g/mol. The molecule has 20 heavy (non-hydrogen) atoms. The minimum Gasteiger partial charge on any atom is -0.338 e. The van der Waals surface area contributed by atoms with Crippen LogP contribution >= 0.6 is 0 Å². The Hall–Kier alpha value is -0.820. The lowest BCUT2D eigenvalue weighted by atomic mass is 10.1. The van der Waals surface area contributed by atoms with Crippen LogP contribution in [0, 0.1) is 11.8 Å². The number of amides is 2. The Morgan fingerprint density at radius 1 is 1.20 bits per heavy atom. The molecular weight excluding hydrogens is 278 g/mol. The summed E-state index contributed by atoms with van der Waals surface area (Å²) >= 11 is 0. The van der Waals surface area contributed by atoms with Crippen molar-refractivity contribution < 1.29 is 13.2 Å². The maximum atomic E-state index is 11.7. The number of carbonyl (C=O) groups excluding carboxylic acids is 1. The topological polar surface area (TPSA) is 78.5 Å². The minimum atomic E-state index is -2.86. The van der Waals surface area contributed by atoms with E-state index >= 15 is 0 Å². The summed E-state index contributed by atoms with van der Waals surface area (Å²) in [6, 6.07) is -0.177. The van der Waals surface area contributed by atoms with Crippen LogP contribution in [0.3, 0.4) is 0 Å². The molecule has 2 aliphatic rings. The molecule has 0 spiro atoms. The molecule has 2 saturated heterocycles. The molecule has 2 aliphatic heterocycles. The lowest BCUT2D eigenvalue weighted by Crippen LogP contribution is -2.41. The predicted octanol–water partition coefficient (Wildman–Crippen LogP) is 0.0621. The third-order valence-corrected chi connectivity index (χ3v) is 6.08. The number of nitrogens with zero attached hydrogens (tertiary/aromatic N) is 1. The third-order valence-electron chi connectivity index (χ3n) is 4.25. The molecule has 116 valence electrons. The fourth-order valence-corrected chi connectivity index (χ4v) is 4.80. The van der Waals surface area contributed by atoms with Gasteiger partial charge in [0.05, 0.1) is 11.5 Å². The van der Waals surface area contributed by atoms with Crippen LogP contribution in [0.2, 0.25) is 0 Å². The van der Waals surface area contributed by atoms with E-state index in [4.69, 9.17) is 0 Å². The van der Waals surface area contributed by atoms with E-state index in [1.54, 1.807) is 0 Å². The number of likely N-dealkylation sites (tertiary alicyclic amines) is 1. The molecule has 0 aromatic carbocycles. The smallest absolute Gasteiger partial charge is 0.314 e. The number of hydrogen-bond acceptors (Lipinski definition) is 4. The van der Waals surface area contributed by atoms with Gasteiger partial charge in [-0.15, -0.1) is 0 Å². The highest BCUT2D eigenvalue weighted by Crippen LogP contribution is 2.17.